The van der Waals surface area contributed by atoms with Gasteiger partial charge in [-0.15, -0.1) is 11.3 Å². The van der Waals surface area contributed by atoms with Gasteiger partial charge >= 0.3 is 5.91 Å². The number of ether oxygens (including phenoxy) is 1. The molecular formula is C24H18N4O4S. The van der Waals surface area contributed by atoms with Gasteiger partial charge in [0.1, 0.15) is 34.1 Å². The second kappa shape index (κ2) is 9.80. The van der Waals surface area contributed by atoms with Crippen molar-refractivity contribution in [2.75, 3.05) is 0 Å². The van der Waals surface area contributed by atoms with Crippen LogP contribution in [0.3, 0.4) is 0 Å². The molecule has 2 aromatic heterocycles. The van der Waals surface area contributed by atoms with E-state index < -0.39 is 11.8 Å². The van der Waals surface area contributed by atoms with Crippen LogP contribution in [-0.2, 0) is 6.61 Å². The van der Waals surface area contributed by atoms with Crippen molar-refractivity contribution in [3.05, 3.63) is 94.4 Å². The third-order valence-electron chi connectivity index (χ3n) is 4.58. The number of nitriles is 1. The second-order valence-corrected chi connectivity index (χ2v) is 7.87. The van der Waals surface area contributed by atoms with Crippen LogP contribution in [0.1, 0.15) is 37.2 Å². The molecule has 33 heavy (non-hydrogen) atoms. The van der Waals surface area contributed by atoms with E-state index in [9.17, 15) is 9.59 Å². The highest BCUT2D eigenvalue weighted by atomic mass is 32.1. The summed E-state index contributed by atoms with van der Waals surface area (Å²) in [5.74, 6) is -0.260. The molecule has 0 atom stereocenters. The van der Waals surface area contributed by atoms with Gasteiger partial charge in [0, 0.05) is 5.56 Å². The van der Waals surface area contributed by atoms with Crippen molar-refractivity contribution < 1.29 is 18.7 Å². The van der Waals surface area contributed by atoms with Crippen LogP contribution in [-0.4, -0.2) is 16.8 Å². The lowest BCUT2D eigenvalue weighted by atomic mass is 10.2. The Bertz CT molecular complexity index is 1340. The van der Waals surface area contributed by atoms with Crippen LogP contribution in [0.2, 0.25) is 0 Å². The number of nitrogens with one attached hydrogen (secondary N) is 2. The third kappa shape index (κ3) is 5.08. The molecule has 2 amide bonds. The first-order valence-electron chi connectivity index (χ1n) is 9.89. The summed E-state index contributed by atoms with van der Waals surface area (Å²) < 4.78 is 11.1. The Kier molecular flexibility index (Phi) is 6.48. The fourth-order valence-corrected chi connectivity index (χ4v) is 3.92. The van der Waals surface area contributed by atoms with E-state index in [1.165, 1.54) is 17.4 Å². The van der Waals surface area contributed by atoms with Gasteiger partial charge in [0.25, 0.3) is 5.91 Å². The minimum Gasteiger partial charge on any atom is -0.484 e. The normalized spacial score (nSPS) is 10.3. The Morgan fingerprint density at radius 3 is 2.55 bits per heavy atom. The molecule has 0 radical (unpaired) electrons. The summed E-state index contributed by atoms with van der Waals surface area (Å²) in [4.78, 5) is 29.7. The largest absolute Gasteiger partial charge is 0.484 e. The first-order chi connectivity index (χ1) is 16.0. The Labute approximate surface area is 193 Å². The summed E-state index contributed by atoms with van der Waals surface area (Å²) in [6.07, 6.45) is 0. The molecule has 2 aromatic carbocycles. The molecular weight excluding hydrogens is 440 g/mol. The van der Waals surface area contributed by atoms with Crippen LogP contribution in [0.15, 0.2) is 71.1 Å². The number of benzene rings is 2. The number of hydrazine groups is 1. The highest BCUT2D eigenvalue weighted by Crippen LogP contribution is 2.27. The minimum atomic E-state index is -0.613. The Morgan fingerprint density at radius 2 is 1.76 bits per heavy atom. The molecule has 0 bridgehead atoms. The van der Waals surface area contributed by atoms with Gasteiger partial charge in [-0.3, -0.25) is 20.4 Å². The molecule has 164 valence electrons. The van der Waals surface area contributed by atoms with Crippen LogP contribution in [0.5, 0.6) is 5.75 Å². The molecule has 0 saturated heterocycles. The molecule has 0 aliphatic carbocycles. The molecule has 0 spiro atoms. The predicted octanol–water partition coefficient (Wildman–Crippen LogP) is 4.24. The average molecular weight is 458 g/mol. The van der Waals surface area contributed by atoms with Crippen LogP contribution in [0, 0.1) is 18.3 Å². The molecule has 4 rings (SSSR count). The molecule has 2 heterocycles. The summed E-state index contributed by atoms with van der Waals surface area (Å²) in [6.45, 7) is 1.78. The maximum atomic E-state index is 12.5. The van der Waals surface area contributed by atoms with Crippen LogP contribution >= 0.6 is 11.3 Å². The number of hydrogen-bond acceptors (Lipinski definition) is 7. The zero-order valence-electron chi connectivity index (χ0n) is 17.5. The Hall–Kier alpha value is -4.42. The molecule has 0 aliphatic rings. The monoisotopic (exact) mass is 458 g/mol. The van der Waals surface area contributed by atoms with E-state index in [0.717, 1.165) is 10.6 Å². The van der Waals surface area contributed by atoms with Crippen molar-refractivity contribution in [1.82, 2.24) is 15.8 Å². The smallest absolute Gasteiger partial charge is 0.305 e. The van der Waals surface area contributed by atoms with E-state index in [1.807, 2.05) is 36.4 Å². The van der Waals surface area contributed by atoms with Gasteiger partial charge in [0.05, 0.1) is 11.3 Å². The fourth-order valence-electron chi connectivity index (χ4n) is 2.95. The number of hydrogen-bond donors (Lipinski definition) is 2. The first kappa shape index (κ1) is 21.8. The number of aryl methyl sites for hydroxylation is 1. The maximum absolute atomic E-state index is 12.5. The van der Waals surface area contributed by atoms with Gasteiger partial charge in [0.2, 0.25) is 0 Å². The van der Waals surface area contributed by atoms with E-state index in [-0.39, 0.29) is 12.4 Å². The third-order valence-corrected chi connectivity index (χ3v) is 5.78. The van der Waals surface area contributed by atoms with Crippen molar-refractivity contribution in [2.45, 2.75) is 13.5 Å². The number of furan rings is 1. The van der Waals surface area contributed by atoms with E-state index in [1.54, 1.807) is 37.3 Å². The summed E-state index contributed by atoms with van der Waals surface area (Å²) in [5, 5.41) is 9.83. The molecule has 2 N–H and O–H groups in total. The molecule has 0 aliphatic heterocycles. The number of carbonyl (C=O) groups is 2. The number of para-hydroxylation sites is 1. The lowest BCUT2D eigenvalue weighted by molar-refractivity contribution is 0.0830. The van der Waals surface area contributed by atoms with Gasteiger partial charge in [-0.25, -0.2) is 4.98 Å². The quantitative estimate of drug-likeness (QED) is 0.418. The first-order valence-corrected chi connectivity index (χ1v) is 10.7. The highest BCUT2D eigenvalue weighted by Gasteiger charge is 2.18. The van der Waals surface area contributed by atoms with Crippen molar-refractivity contribution in [2.24, 2.45) is 0 Å². The standard InChI is InChI=1S/C24H18N4O4S/c1-15-21(33-24(26-15)16-7-3-2-4-8-16)23(30)28-27-22(29)20-12-11-18(32-20)14-31-19-10-6-5-9-17(19)13-25/h2-12H,14H2,1H3,(H,27,29)(H,28,30). The zero-order chi connectivity index (χ0) is 23.2. The van der Waals surface area contributed by atoms with Gasteiger partial charge < -0.3 is 9.15 Å². The molecule has 8 nitrogen and oxygen atoms in total. The molecule has 4 aromatic rings. The second-order valence-electron chi connectivity index (χ2n) is 6.87. The Balaban J connectivity index is 1.34. The number of carbonyl (C=O) groups excluding carboxylic acids is 2. The van der Waals surface area contributed by atoms with Gasteiger partial charge in [0.15, 0.2) is 5.76 Å². The Morgan fingerprint density at radius 1 is 1.03 bits per heavy atom. The highest BCUT2D eigenvalue weighted by molar-refractivity contribution is 7.17. The van der Waals surface area contributed by atoms with Gasteiger partial charge in [-0.1, -0.05) is 42.5 Å². The van der Waals surface area contributed by atoms with Crippen LogP contribution in [0.25, 0.3) is 10.6 Å². The summed E-state index contributed by atoms with van der Waals surface area (Å²) >= 11 is 1.24. The summed E-state index contributed by atoms with van der Waals surface area (Å²) in [6, 6.07) is 21.5. The van der Waals surface area contributed by atoms with Gasteiger partial charge in [-0.05, 0) is 31.2 Å². The number of rotatable bonds is 6. The summed E-state index contributed by atoms with van der Waals surface area (Å²) in [5.41, 5.74) is 6.62. The topological polar surface area (TPSA) is 117 Å². The lowest BCUT2D eigenvalue weighted by Crippen LogP contribution is -2.41. The fraction of sp³-hybridized carbons (Fsp3) is 0.0833. The van der Waals surface area contributed by atoms with Crippen molar-refractivity contribution in [3.8, 4) is 22.4 Å². The van der Waals surface area contributed by atoms with E-state index in [4.69, 9.17) is 14.4 Å². The maximum Gasteiger partial charge on any atom is 0.305 e. The van der Waals surface area contributed by atoms with Crippen molar-refractivity contribution in [1.29, 1.82) is 5.26 Å². The number of nitrogens with zero attached hydrogens (tertiary/aromatic N) is 2. The van der Waals surface area contributed by atoms with Crippen LogP contribution in [0.4, 0.5) is 0 Å². The average Bonchev–Trinajstić information content (AvgIpc) is 3.48. The predicted molar refractivity (Wildman–Crippen MR) is 121 cm³/mol. The molecule has 0 unspecified atom stereocenters. The number of amides is 2. The minimum absolute atomic E-state index is 0.00784. The number of thiazole rings is 1. The SMILES string of the molecule is Cc1nc(-c2ccccc2)sc1C(=O)NNC(=O)c1ccc(COc2ccccc2C#N)o1. The van der Waals surface area contributed by atoms with Crippen LogP contribution < -0.4 is 15.6 Å². The van der Waals surface area contributed by atoms with Crippen molar-refractivity contribution >= 4 is 23.2 Å². The molecule has 0 saturated carbocycles. The van der Waals surface area contributed by atoms with E-state index in [0.29, 0.717) is 27.6 Å². The summed E-state index contributed by atoms with van der Waals surface area (Å²) in [7, 11) is 0. The molecule has 9 heteroatoms. The van der Waals surface area contributed by atoms with E-state index >= 15 is 0 Å². The number of aromatic nitrogens is 1. The van der Waals surface area contributed by atoms with Crippen molar-refractivity contribution in [3.63, 3.8) is 0 Å². The zero-order valence-corrected chi connectivity index (χ0v) is 18.3. The van der Waals surface area contributed by atoms with Gasteiger partial charge in [-0.2, -0.15) is 5.26 Å². The molecule has 0 fully saturated rings. The lowest BCUT2D eigenvalue weighted by Gasteiger charge is -2.06. The van der Waals surface area contributed by atoms with E-state index in [2.05, 4.69) is 15.8 Å².